The quantitative estimate of drug-likeness (QED) is 0.773. The topological polar surface area (TPSA) is 50.8 Å². The summed E-state index contributed by atoms with van der Waals surface area (Å²) < 4.78 is 7.21. The smallest absolute Gasteiger partial charge is 0.124 e. The van der Waals surface area contributed by atoms with E-state index in [9.17, 15) is 0 Å². The highest BCUT2D eigenvalue weighted by atomic mass is 16.5. The zero-order chi connectivity index (χ0) is 13.1. The SMILES string of the molecule is C=C(C)Cn1c(CC#N)nc2cc(OC)ccc21. The molecule has 0 fully saturated rings. The van der Waals surface area contributed by atoms with Crippen LogP contribution in [0.25, 0.3) is 11.0 Å². The molecule has 0 N–H and O–H groups in total. The summed E-state index contributed by atoms with van der Waals surface area (Å²) in [7, 11) is 1.63. The van der Waals surface area contributed by atoms with Crippen LogP contribution in [0.15, 0.2) is 30.4 Å². The van der Waals surface area contributed by atoms with E-state index in [1.165, 1.54) is 0 Å². The molecule has 0 radical (unpaired) electrons. The molecule has 0 saturated heterocycles. The summed E-state index contributed by atoms with van der Waals surface area (Å²) in [6.07, 6.45) is 0.296. The van der Waals surface area contributed by atoms with Crippen LogP contribution < -0.4 is 4.74 Å². The zero-order valence-corrected chi connectivity index (χ0v) is 10.6. The molecule has 0 spiro atoms. The van der Waals surface area contributed by atoms with Crippen LogP contribution in [-0.4, -0.2) is 16.7 Å². The average Bonchev–Trinajstić information content (AvgIpc) is 2.66. The largest absolute Gasteiger partial charge is 0.497 e. The summed E-state index contributed by atoms with van der Waals surface area (Å²) in [5.41, 5.74) is 2.88. The molecule has 1 aromatic carbocycles. The van der Waals surface area contributed by atoms with Crippen LogP contribution in [0, 0.1) is 11.3 Å². The van der Waals surface area contributed by atoms with Gasteiger partial charge < -0.3 is 9.30 Å². The van der Waals surface area contributed by atoms with E-state index in [0.717, 1.165) is 28.2 Å². The lowest BCUT2D eigenvalue weighted by Gasteiger charge is -2.07. The third-order valence-corrected chi connectivity index (χ3v) is 2.70. The van der Waals surface area contributed by atoms with E-state index in [0.29, 0.717) is 13.0 Å². The first kappa shape index (κ1) is 12.2. The zero-order valence-electron chi connectivity index (χ0n) is 10.6. The maximum absolute atomic E-state index is 8.85. The molecule has 1 heterocycles. The summed E-state index contributed by atoms with van der Waals surface area (Å²) in [6.45, 7) is 6.56. The number of hydrogen-bond acceptors (Lipinski definition) is 3. The molecule has 4 heteroatoms. The molecule has 2 rings (SSSR count). The second kappa shape index (κ2) is 4.92. The Hall–Kier alpha value is -2.28. The molecule has 0 bridgehead atoms. The minimum Gasteiger partial charge on any atom is -0.497 e. The number of aromatic nitrogens is 2. The van der Waals surface area contributed by atoms with Crippen molar-refractivity contribution in [2.45, 2.75) is 19.9 Å². The first-order chi connectivity index (χ1) is 8.65. The molecular formula is C14H15N3O. The standard InChI is InChI=1S/C14H15N3O/c1-10(2)9-17-13-5-4-11(18-3)8-12(13)16-14(17)6-7-15/h4-5,8H,1,6,9H2,2-3H3. The second-order valence-electron chi connectivity index (χ2n) is 4.26. The Morgan fingerprint density at radius 2 is 2.33 bits per heavy atom. The minimum absolute atomic E-state index is 0.296. The minimum atomic E-state index is 0.296. The predicted molar refractivity (Wildman–Crippen MR) is 70.4 cm³/mol. The highest BCUT2D eigenvalue weighted by Crippen LogP contribution is 2.22. The normalized spacial score (nSPS) is 10.3. The number of imidazole rings is 1. The van der Waals surface area contributed by atoms with E-state index in [-0.39, 0.29) is 0 Å². The van der Waals surface area contributed by atoms with Crippen molar-refractivity contribution >= 4 is 11.0 Å². The van der Waals surface area contributed by atoms with Gasteiger partial charge in [0.2, 0.25) is 0 Å². The molecule has 1 aromatic heterocycles. The molecule has 0 atom stereocenters. The molecule has 18 heavy (non-hydrogen) atoms. The molecule has 92 valence electrons. The van der Waals surface area contributed by atoms with Crippen LogP contribution in [-0.2, 0) is 13.0 Å². The fraction of sp³-hybridized carbons (Fsp3) is 0.286. The number of nitrogens with zero attached hydrogens (tertiary/aromatic N) is 3. The molecule has 0 aliphatic heterocycles. The van der Waals surface area contributed by atoms with Crippen LogP contribution in [0.2, 0.25) is 0 Å². The van der Waals surface area contributed by atoms with Gasteiger partial charge in [0.05, 0.1) is 30.6 Å². The molecule has 0 aliphatic carbocycles. The summed E-state index contributed by atoms with van der Waals surface area (Å²) in [5.74, 6) is 1.54. The Morgan fingerprint density at radius 1 is 1.56 bits per heavy atom. The number of hydrogen-bond donors (Lipinski definition) is 0. The maximum atomic E-state index is 8.85. The molecule has 0 saturated carbocycles. The van der Waals surface area contributed by atoms with Crippen LogP contribution in [0.5, 0.6) is 5.75 Å². The van der Waals surface area contributed by atoms with Gasteiger partial charge in [-0.15, -0.1) is 0 Å². The number of allylic oxidation sites excluding steroid dienone is 1. The lowest BCUT2D eigenvalue weighted by Crippen LogP contribution is -2.03. The molecule has 0 unspecified atom stereocenters. The van der Waals surface area contributed by atoms with Crippen LogP contribution in [0.4, 0.5) is 0 Å². The summed E-state index contributed by atoms with van der Waals surface area (Å²) in [5, 5.41) is 8.85. The van der Waals surface area contributed by atoms with Crippen molar-refractivity contribution in [2.24, 2.45) is 0 Å². The third-order valence-electron chi connectivity index (χ3n) is 2.70. The van der Waals surface area contributed by atoms with Crippen molar-refractivity contribution in [1.82, 2.24) is 9.55 Å². The number of fused-ring (bicyclic) bond motifs is 1. The predicted octanol–water partition coefficient (Wildman–Crippen LogP) is 2.69. The fourth-order valence-electron chi connectivity index (χ4n) is 1.94. The molecule has 0 amide bonds. The van der Waals surface area contributed by atoms with E-state index in [2.05, 4.69) is 17.6 Å². The van der Waals surface area contributed by atoms with Crippen LogP contribution >= 0.6 is 0 Å². The maximum Gasteiger partial charge on any atom is 0.124 e. The van der Waals surface area contributed by atoms with Gasteiger partial charge in [0.1, 0.15) is 11.6 Å². The van der Waals surface area contributed by atoms with Crippen molar-refractivity contribution in [1.29, 1.82) is 5.26 Å². The van der Waals surface area contributed by atoms with Gasteiger partial charge >= 0.3 is 0 Å². The lowest BCUT2D eigenvalue weighted by molar-refractivity contribution is 0.415. The number of methoxy groups -OCH3 is 1. The van der Waals surface area contributed by atoms with Gasteiger partial charge in [-0.25, -0.2) is 4.98 Å². The van der Waals surface area contributed by atoms with E-state index in [4.69, 9.17) is 10.00 Å². The Bertz CT molecular complexity index is 634. The first-order valence-electron chi connectivity index (χ1n) is 5.70. The molecular weight excluding hydrogens is 226 g/mol. The summed E-state index contributed by atoms with van der Waals surface area (Å²) in [4.78, 5) is 4.48. The third kappa shape index (κ3) is 2.21. The lowest BCUT2D eigenvalue weighted by atomic mass is 10.3. The van der Waals surface area contributed by atoms with Crippen molar-refractivity contribution in [3.05, 3.63) is 36.2 Å². The van der Waals surface area contributed by atoms with Crippen LogP contribution in [0.3, 0.4) is 0 Å². The van der Waals surface area contributed by atoms with E-state index in [1.807, 2.05) is 29.7 Å². The van der Waals surface area contributed by atoms with E-state index in [1.54, 1.807) is 7.11 Å². The Morgan fingerprint density at radius 3 is 2.94 bits per heavy atom. The summed E-state index contributed by atoms with van der Waals surface area (Å²) in [6, 6.07) is 7.88. The van der Waals surface area contributed by atoms with Crippen molar-refractivity contribution in [3.8, 4) is 11.8 Å². The molecule has 4 nitrogen and oxygen atoms in total. The van der Waals surface area contributed by atoms with Crippen molar-refractivity contribution in [2.75, 3.05) is 7.11 Å². The number of rotatable bonds is 4. The monoisotopic (exact) mass is 241 g/mol. The van der Waals surface area contributed by atoms with Gasteiger partial charge in [0.25, 0.3) is 0 Å². The van der Waals surface area contributed by atoms with E-state index >= 15 is 0 Å². The van der Waals surface area contributed by atoms with Gasteiger partial charge in [-0.3, -0.25) is 0 Å². The number of nitriles is 1. The van der Waals surface area contributed by atoms with Gasteiger partial charge in [0.15, 0.2) is 0 Å². The Balaban J connectivity index is 2.59. The highest BCUT2D eigenvalue weighted by molar-refractivity contribution is 5.78. The van der Waals surface area contributed by atoms with Gasteiger partial charge in [0, 0.05) is 12.6 Å². The van der Waals surface area contributed by atoms with E-state index < -0.39 is 0 Å². The van der Waals surface area contributed by atoms with Crippen molar-refractivity contribution in [3.63, 3.8) is 0 Å². The van der Waals surface area contributed by atoms with Gasteiger partial charge in [-0.05, 0) is 19.1 Å². The van der Waals surface area contributed by atoms with Gasteiger partial charge in [-0.1, -0.05) is 12.2 Å². The van der Waals surface area contributed by atoms with Crippen LogP contribution in [0.1, 0.15) is 12.7 Å². The highest BCUT2D eigenvalue weighted by Gasteiger charge is 2.11. The van der Waals surface area contributed by atoms with Gasteiger partial charge in [-0.2, -0.15) is 5.26 Å². The first-order valence-corrected chi connectivity index (χ1v) is 5.70. The average molecular weight is 241 g/mol. The number of benzene rings is 1. The Kier molecular flexibility index (Phi) is 3.33. The number of ether oxygens (including phenoxy) is 1. The second-order valence-corrected chi connectivity index (χ2v) is 4.26. The Labute approximate surface area is 106 Å². The van der Waals surface area contributed by atoms with Crippen molar-refractivity contribution < 1.29 is 4.74 Å². The molecule has 2 aromatic rings. The summed E-state index contributed by atoms with van der Waals surface area (Å²) >= 11 is 0. The molecule has 0 aliphatic rings. The fourth-order valence-corrected chi connectivity index (χ4v) is 1.94.